The van der Waals surface area contributed by atoms with Crippen LogP contribution in [0.2, 0.25) is 0 Å². The van der Waals surface area contributed by atoms with Gasteiger partial charge in [-0.3, -0.25) is 10.2 Å². The third-order valence-corrected chi connectivity index (χ3v) is 4.48. The zero-order chi connectivity index (χ0) is 14.9. The van der Waals surface area contributed by atoms with Crippen LogP contribution in [0.15, 0.2) is 17.4 Å². The van der Waals surface area contributed by atoms with Gasteiger partial charge in [-0.1, -0.05) is 0 Å². The number of nitrogens with one attached hydrogen (secondary N) is 2. The van der Waals surface area contributed by atoms with E-state index in [-0.39, 0.29) is 17.8 Å². The number of hydrogen-bond donors (Lipinski definition) is 3. The molecule has 0 amide bonds. The first kappa shape index (κ1) is 14.2. The maximum atomic E-state index is 12.3. The number of H-pyrrole nitrogens is 2. The molecule has 0 aliphatic rings. The summed E-state index contributed by atoms with van der Waals surface area (Å²) in [5, 5.41) is 20.9. The van der Waals surface area contributed by atoms with Gasteiger partial charge in [-0.2, -0.15) is 14.5 Å². The summed E-state index contributed by atoms with van der Waals surface area (Å²) in [4.78, 5) is 11.1. The van der Waals surface area contributed by atoms with Crippen molar-refractivity contribution < 1.29 is 18.3 Å². The highest BCUT2D eigenvalue weighted by atomic mass is 32.2. The molecule has 9 nitrogen and oxygen atoms in total. The topological polar surface area (TPSA) is 132 Å². The van der Waals surface area contributed by atoms with Crippen molar-refractivity contribution in [1.29, 1.82) is 0 Å². The van der Waals surface area contributed by atoms with Crippen LogP contribution < -0.4 is 0 Å². The lowest BCUT2D eigenvalue weighted by molar-refractivity contribution is 0.0691. The molecule has 0 bridgehead atoms. The van der Waals surface area contributed by atoms with Crippen molar-refractivity contribution in [1.82, 2.24) is 24.7 Å². The number of aryl methyl sites for hydroxylation is 1. The van der Waals surface area contributed by atoms with Gasteiger partial charge < -0.3 is 5.11 Å². The smallest absolute Gasteiger partial charge is 0.340 e. The Hall–Kier alpha value is -2.20. The number of sulfonamides is 1. The Morgan fingerprint density at radius 3 is 2.75 bits per heavy atom. The van der Waals surface area contributed by atoms with Gasteiger partial charge in [-0.15, -0.1) is 0 Å². The predicted octanol–water partition coefficient (Wildman–Crippen LogP) is -0.0399. The number of carboxylic acids is 1. The number of carbonyl (C=O) groups is 1. The van der Waals surface area contributed by atoms with Crippen molar-refractivity contribution in [3.8, 4) is 0 Å². The molecule has 0 aliphatic heterocycles. The number of aromatic nitrogens is 4. The average Bonchev–Trinajstić information content (AvgIpc) is 2.98. The standard InChI is InChI=1S/C10H13N5O4S/c1-6-8(10(16)17)9(14-13-6)20(18,19)15(2)5-7-3-11-12-4-7/h3-4H,5H2,1-2H3,(H,11,12)(H,13,14)(H,16,17). The minimum atomic E-state index is -4.00. The SMILES string of the molecule is Cc1[nH]nc(S(=O)(=O)N(C)Cc2cn[nH]c2)c1C(=O)O. The highest BCUT2D eigenvalue weighted by molar-refractivity contribution is 7.89. The van der Waals surface area contributed by atoms with Crippen LogP contribution in [0.25, 0.3) is 0 Å². The van der Waals surface area contributed by atoms with E-state index in [4.69, 9.17) is 5.11 Å². The third kappa shape index (κ3) is 2.42. The maximum absolute atomic E-state index is 12.3. The fourth-order valence-electron chi connectivity index (χ4n) is 1.70. The minimum Gasteiger partial charge on any atom is -0.478 e. The quantitative estimate of drug-likeness (QED) is 0.709. The van der Waals surface area contributed by atoms with E-state index >= 15 is 0 Å². The van der Waals surface area contributed by atoms with Gasteiger partial charge in [-0.25, -0.2) is 13.2 Å². The van der Waals surface area contributed by atoms with Crippen molar-refractivity contribution in [2.24, 2.45) is 0 Å². The van der Waals surface area contributed by atoms with Crippen LogP contribution in [-0.4, -0.2) is 51.2 Å². The zero-order valence-corrected chi connectivity index (χ0v) is 11.6. The molecular weight excluding hydrogens is 286 g/mol. The van der Waals surface area contributed by atoms with E-state index in [0.29, 0.717) is 5.56 Å². The highest BCUT2D eigenvalue weighted by Gasteiger charge is 2.31. The zero-order valence-electron chi connectivity index (χ0n) is 10.8. The van der Waals surface area contributed by atoms with Crippen molar-refractivity contribution >= 4 is 16.0 Å². The van der Waals surface area contributed by atoms with Crippen LogP contribution in [0.4, 0.5) is 0 Å². The molecule has 10 heteroatoms. The van der Waals surface area contributed by atoms with Crippen molar-refractivity contribution in [2.45, 2.75) is 18.5 Å². The first-order valence-corrected chi connectivity index (χ1v) is 7.00. The Morgan fingerprint density at radius 1 is 1.50 bits per heavy atom. The highest BCUT2D eigenvalue weighted by Crippen LogP contribution is 2.20. The molecule has 2 aromatic heterocycles. The summed E-state index contributed by atoms with van der Waals surface area (Å²) >= 11 is 0. The van der Waals surface area contributed by atoms with Gasteiger partial charge >= 0.3 is 5.97 Å². The van der Waals surface area contributed by atoms with Gasteiger partial charge in [0, 0.05) is 31.0 Å². The molecule has 0 aliphatic carbocycles. The van der Waals surface area contributed by atoms with Gasteiger partial charge in [0.05, 0.1) is 6.20 Å². The lowest BCUT2D eigenvalue weighted by atomic mass is 10.3. The molecule has 108 valence electrons. The molecule has 20 heavy (non-hydrogen) atoms. The number of aromatic amines is 2. The summed E-state index contributed by atoms with van der Waals surface area (Å²) in [6.45, 7) is 1.51. The van der Waals surface area contributed by atoms with Crippen LogP contribution in [-0.2, 0) is 16.6 Å². The molecule has 0 saturated carbocycles. The van der Waals surface area contributed by atoms with Crippen LogP contribution in [0.1, 0.15) is 21.6 Å². The van der Waals surface area contributed by atoms with Crippen molar-refractivity contribution in [3.05, 3.63) is 29.2 Å². The van der Waals surface area contributed by atoms with Gasteiger partial charge in [0.2, 0.25) is 5.03 Å². The first-order valence-electron chi connectivity index (χ1n) is 5.56. The Balaban J connectivity index is 2.38. The lowest BCUT2D eigenvalue weighted by Gasteiger charge is -2.14. The van der Waals surface area contributed by atoms with Crippen molar-refractivity contribution in [3.63, 3.8) is 0 Å². The second-order valence-corrected chi connectivity index (χ2v) is 6.16. The summed E-state index contributed by atoms with van der Waals surface area (Å²) in [5.41, 5.74) is 0.497. The lowest BCUT2D eigenvalue weighted by Crippen LogP contribution is -2.28. The molecule has 2 rings (SSSR count). The predicted molar refractivity (Wildman–Crippen MR) is 67.5 cm³/mol. The fraction of sp³-hybridized carbons (Fsp3) is 0.300. The van der Waals surface area contributed by atoms with Gasteiger partial charge in [0.1, 0.15) is 5.56 Å². The summed E-state index contributed by atoms with van der Waals surface area (Å²) in [5.74, 6) is -1.34. The molecule has 3 N–H and O–H groups in total. The Morgan fingerprint density at radius 2 is 2.20 bits per heavy atom. The molecular formula is C10H13N5O4S. The van der Waals surface area contributed by atoms with E-state index in [1.54, 1.807) is 6.20 Å². The Kier molecular flexibility index (Phi) is 3.59. The molecule has 2 aromatic rings. The van der Waals surface area contributed by atoms with Crippen LogP contribution in [0.5, 0.6) is 0 Å². The molecule has 0 unspecified atom stereocenters. The minimum absolute atomic E-state index is 0.0593. The molecule has 0 radical (unpaired) electrons. The molecule has 0 fully saturated rings. The van der Waals surface area contributed by atoms with Gasteiger partial charge in [-0.05, 0) is 6.92 Å². The number of rotatable bonds is 5. The van der Waals surface area contributed by atoms with Gasteiger partial charge in [0.25, 0.3) is 10.0 Å². The van der Waals surface area contributed by atoms with E-state index < -0.39 is 21.0 Å². The second-order valence-electron chi connectivity index (χ2n) is 4.20. The fourth-order valence-corrected chi connectivity index (χ4v) is 2.97. The summed E-state index contributed by atoms with van der Waals surface area (Å²) in [6.07, 6.45) is 3.04. The molecule has 0 aromatic carbocycles. The average molecular weight is 299 g/mol. The number of hydrogen-bond acceptors (Lipinski definition) is 5. The number of nitrogens with zero attached hydrogens (tertiary/aromatic N) is 3. The molecule has 0 atom stereocenters. The molecule has 0 spiro atoms. The first-order chi connectivity index (χ1) is 9.34. The largest absolute Gasteiger partial charge is 0.478 e. The normalized spacial score (nSPS) is 11.9. The van der Waals surface area contributed by atoms with E-state index in [1.807, 2.05) is 0 Å². The third-order valence-electron chi connectivity index (χ3n) is 2.74. The number of carboxylic acid groups (broad SMARTS) is 1. The van der Waals surface area contributed by atoms with E-state index in [1.165, 1.54) is 20.2 Å². The monoisotopic (exact) mass is 299 g/mol. The Labute approximate surface area is 114 Å². The molecule has 2 heterocycles. The van der Waals surface area contributed by atoms with Crippen LogP contribution >= 0.6 is 0 Å². The van der Waals surface area contributed by atoms with E-state index in [9.17, 15) is 13.2 Å². The van der Waals surface area contributed by atoms with Gasteiger partial charge in [0.15, 0.2) is 0 Å². The Bertz CT molecular complexity index is 719. The van der Waals surface area contributed by atoms with Crippen LogP contribution in [0, 0.1) is 6.92 Å². The maximum Gasteiger partial charge on any atom is 0.340 e. The van der Waals surface area contributed by atoms with Crippen molar-refractivity contribution in [2.75, 3.05) is 7.05 Å². The number of aromatic carboxylic acids is 1. The van der Waals surface area contributed by atoms with E-state index in [2.05, 4.69) is 20.4 Å². The van der Waals surface area contributed by atoms with Crippen LogP contribution in [0.3, 0.4) is 0 Å². The summed E-state index contributed by atoms with van der Waals surface area (Å²) in [6, 6.07) is 0. The summed E-state index contributed by atoms with van der Waals surface area (Å²) < 4.78 is 25.7. The second kappa shape index (κ2) is 5.06. The summed E-state index contributed by atoms with van der Waals surface area (Å²) in [7, 11) is -2.66. The van der Waals surface area contributed by atoms with E-state index in [0.717, 1.165) is 4.31 Å². The molecule has 0 saturated heterocycles.